The second-order valence-electron chi connectivity index (χ2n) is 7.45. The minimum absolute atomic E-state index is 0.104. The van der Waals surface area contributed by atoms with Crippen molar-refractivity contribution in [3.8, 4) is 22.8 Å². The zero-order valence-corrected chi connectivity index (χ0v) is 19.6. The molecule has 4 rings (SSSR count). The molecule has 1 amide bonds. The maximum absolute atomic E-state index is 12.6. The highest BCUT2D eigenvalue weighted by molar-refractivity contribution is 7.99. The van der Waals surface area contributed by atoms with Gasteiger partial charge in [0, 0.05) is 29.3 Å². The number of pyridine rings is 1. The lowest BCUT2D eigenvalue weighted by Crippen LogP contribution is -2.14. The van der Waals surface area contributed by atoms with Crippen molar-refractivity contribution in [2.45, 2.75) is 25.9 Å². The normalized spacial score (nSPS) is 10.8. The molecule has 0 unspecified atom stereocenters. The highest BCUT2D eigenvalue weighted by Crippen LogP contribution is 2.28. The fraction of sp³-hybridized carbons (Fsp3) is 0.200. The molecule has 0 spiro atoms. The molecule has 0 radical (unpaired) electrons. The summed E-state index contributed by atoms with van der Waals surface area (Å²) < 4.78 is 7.50. The van der Waals surface area contributed by atoms with Crippen LogP contribution < -0.4 is 10.1 Å². The molecule has 33 heavy (non-hydrogen) atoms. The van der Waals surface area contributed by atoms with Crippen molar-refractivity contribution < 1.29 is 9.53 Å². The number of aromatic nitrogens is 4. The van der Waals surface area contributed by atoms with E-state index < -0.39 is 0 Å². The van der Waals surface area contributed by atoms with E-state index in [9.17, 15) is 4.79 Å². The fourth-order valence-corrected chi connectivity index (χ4v) is 4.03. The van der Waals surface area contributed by atoms with Gasteiger partial charge in [-0.1, -0.05) is 17.8 Å². The van der Waals surface area contributed by atoms with Gasteiger partial charge in [0.1, 0.15) is 5.75 Å². The molecule has 0 aliphatic rings. The van der Waals surface area contributed by atoms with E-state index in [1.807, 2.05) is 79.9 Å². The van der Waals surface area contributed by atoms with Crippen LogP contribution in [0.2, 0.25) is 0 Å². The first-order valence-electron chi connectivity index (χ1n) is 10.6. The van der Waals surface area contributed by atoms with Crippen LogP contribution in [-0.4, -0.2) is 38.0 Å². The van der Waals surface area contributed by atoms with E-state index in [1.165, 1.54) is 17.3 Å². The number of ether oxygens (including phenoxy) is 1. The average molecular weight is 460 g/mol. The molecule has 0 atom stereocenters. The van der Waals surface area contributed by atoms with Crippen LogP contribution in [0.4, 0.5) is 5.69 Å². The molecule has 168 valence electrons. The van der Waals surface area contributed by atoms with Crippen molar-refractivity contribution in [3.05, 3.63) is 78.1 Å². The topological polar surface area (TPSA) is 81.9 Å². The molecule has 0 aliphatic heterocycles. The Balaban J connectivity index is 1.57. The zero-order valence-electron chi connectivity index (χ0n) is 18.8. The number of anilines is 1. The number of carbonyl (C=O) groups is 1. The predicted molar refractivity (Wildman–Crippen MR) is 131 cm³/mol. The number of nitrogens with zero attached hydrogens (tertiary/aromatic N) is 4. The third-order valence-electron chi connectivity index (χ3n) is 5.08. The smallest absolute Gasteiger partial charge is 0.234 e. The maximum Gasteiger partial charge on any atom is 0.234 e. The fourth-order valence-electron chi connectivity index (χ4n) is 3.28. The molecular formula is C25H25N5O2S. The van der Waals surface area contributed by atoms with E-state index in [-0.39, 0.29) is 11.7 Å². The SMILES string of the molecule is CCOc1ccc(-n2c(SCC(=O)Nc3ccc(C)c(C)c3)nnc2-c2cccnc2)cc1. The van der Waals surface area contributed by atoms with Gasteiger partial charge in [-0.05, 0) is 80.4 Å². The van der Waals surface area contributed by atoms with Crippen molar-refractivity contribution in [1.82, 2.24) is 19.7 Å². The second-order valence-corrected chi connectivity index (χ2v) is 8.39. The maximum atomic E-state index is 12.6. The van der Waals surface area contributed by atoms with E-state index in [2.05, 4.69) is 20.5 Å². The summed E-state index contributed by atoms with van der Waals surface area (Å²) in [5, 5.41) is 12.3. The van der Waals surface area contributed by atoms with E-state index >= 15 is 0 Å². The lowest BCUT2D eigenvalue weighted by atomic mass is 10.1. The zero-order chi connectivity index (χ0) is 23.2. The molecule has 4 aromatic rings. The lowest BCUT2D eigenvalue weighted by Gasteiger charge is -2.12. The predicted octanol–water partition coefficient (Wildman–Crippen LogP) is 5.08. The lowest BCUT2D eigenvalue weighted by molar-refractivity contribution is -0.113. The van der Waals surface area contributed by atoms with Crippen LogP contribution in [0.25, 0.3) is 17.1 Å². The third-order valence-corrected chi connectivity index (χ3v) is 6.01. The largest absolute Gasteiger partial charge is 0.494 e. The van der Waals surface area contributed by atoms with Crippen molar-refractivity contribution in [2.75, 3.05) is 17.7 Å². The van der Waals surface area contributed by atoms with Crippen molar-refractivity contribution in [3.63, 3.8) is 0 Å². The van der Waals surface area contributed by atoms with E-state index in [0.29, 0.717) is 17.6 Å². The van der Waals surface area contributed by atoms with Crippen LogP contribution in [0.5, 0.6) is 5.75 Å². The molecule has 0 aliphatic carbocycles. The Morgan fingerprint density at radius 1 is 1.06 bits per heavy atom. The second kappa shape index (κ2) is 10.3. The van der Waals surface area contributed by atoms with Gasteiger partial charge in [-0.3, -0.25) is 14.3 Å². The summed E-state index contributed by atoms with van der Waals surface area (Å²) >= 11 is 1.33. The van der Waals surface area contributed by atoms with Crippen LogP contribution in [-0.2, 0) is 4.79 Å². The van der Waals surface area contributed by atoms with Gasteiger partial charge < -0.3 is 10.1 Å². The van der Waals surface area contributed by atoms with Gasteiger partial charge in [0.05, 0.1) is 12.4 Å². The third kappa shape index (κ3) is 5.40. The van der Waals surface area contributed by atoms with Crippen LogP contribution in [0, 0.1) is 13.8 Å². The van der Waals surface area contributed by atoms with Gasteiger partial charge >= 0.3 is 0 Å². The Kier molecular flexibility index (Phi) is 7.04. The van der Waals surface area contributed by atoms with Crippen molar-refractivity contribution in [2.24, 2.45) is 0 Å². The molecule has 2 heterocycles. The number of thioether (sulfide) groups is 1. The number of hydrogen-bond acceptors (Lipinski definition) is 6. The molecule has 0 saturated carbocycles. The summed E-state index contributed by atoms with van der Waals surface area (Å²) in [4.78, 5) is 16.8. The molecular weight excluding hydrogens is 434 g/mol. The summed E-state index contributed by atoms with van der Waals surface area (Å²) in [7, 11) is 0. The highest BCUT2D eigenvalue weighted by Gasteiger charge is 2.18. The summed E-state index contributed by atoms with van der Waals surface area (Å²) in [6.07, 6.45) is 3.46. The number of benzene rings is 2. The molecule has 0 saturated heterocycles. The minimum Gasteiger partial charge on any atom is -0.494 e. The standard InChI is InChI=1S/C25H25N5O2S/c1-4-32-22-11-9-21(10-12-22)30-24(19-6-5-13-26-15-19)28-29-25(30)33-16-23(31)27-20-8-7-17(2)18(3)14-20/h5-15H,4,16H2,1-3H3,(H,27,31). The molecule has 2 aromatic carbocycles. The summed E-state index contributed by atoms with van der Waals surface area (Å²) in [5.41, 5.74) is 4.82. The first-order valence-corrected chi connectivity index (χ1v) is 11.6. The van der Waals surface area contributed by atoms with Crippen molar-refractivity contribution in [1.29, 1.82) is 0 Å². The molecule has 0 bridgehead atoms. The van der Waals surface area contributed by atoms with Crippen LogP contribution in [0.1, 0.15) is 18.1 Å². The number of hydrogen-bond donors (Lipinski definition) is 1. The van der Waals surface area contributed by atoms with Gasteiger partial charge in [0.15, 0.2) is 11.0 Å². The highest BCUT2D eigenvalue weighted by atomic mass is 32.2. The number of rotatable bonds is 8. The Morgan fingerprint density at radius 3 is 2.58 bits per heavy atom. The van der Waals surface area contributed by atoms with E-state index in [0.717, 1.165) is 28.3 Å². The number of aryl methyl sites for hydroxylation is 2. The molecule has 7 nitrogen and oxygen atoms in total. The molecule has 2 aromatic heterocycles. The average Bonchev–Trinajstić information content (AvgIpc) is 3.25. The van der Waals surface area contributed by atoms with Gasteiger partial charge in [0.2, 0.25) is 5.91 Å². The molecule has 1 N–H and O–H groups in total. The van der Waals surface area contributed by atoms with E-state index in [1.54, 1.807) is 12.4 Å². The Morgan fingerprint density at radius 2 is 1.88 bits per heavy atom. The van der Waals surface area contributed by atoms with Gasteiger partial charge in [0.25, 0.3) is 0 Å². The first kappa shape index (κ1) is 22.5. The van der Waals surface area contributed by atoms with Crippen molar-refractivity contribution >= 4 is 23.4 Å². The quantitative estimate of drug-likeness (QED) is 0.370. The monoisotopic (exact) mass is 459 g/mol. The Labute approximate surface area is 197 Å². The van der Waals surface area contributed by atoms with E-state index in [4.69, 9.17) is 4.74 Å². The number of nitrogens with one attached hydrogen (secondary N) is 1. The molecule has 8 heteroatoms. The summed E-state index contributed by atoms with van der Waals surface area (Å²) in [5.74, 6) is 1.55. The van der Waals surface area contributed by atoms with Gasteiger partial charge in [-0.15, -0.1) is 10.2 Å². The van der Waals surface area contributed by atoms with Crippen LogP contribution in [0.3, 0.4) is 0 Å². The van der Waals surface area contributed by atoms with Gasteiger partial charge in [-0.2, -0.15) is 0 Å². The Bertz CT molecular complexity index is 1240. The Hall–Kier alpha value is -3.65. The minimum atomic E-state index is -0.104. The van der Waals surface area contributed by atoms with Crippen LogP contribution >= 0.6 is 11.8 Å². The summed E-state index contributed by atoms with van der Waals surface area (Å²) in [6, 6.07) is 17.4. The summed E-state index contributed by atoms with van der Waals surface area (Å²) in [6.45, 7) is 6.62. The molecule has 0 fully saturated rings. The number of amides is 1. The number of carbonyl (C=O) groups excluding carboxylic acids is 1. The van der Waals surface area contributed by atoms with Crippen LogP contribution in [0.15, 0.2) is 72.1 Å². The van der Waals surface area contributed by atoms with Gasteiger partial charge in [-0.25, -0.2) is 0 Å². The first-order chi connectivity index (χ1) is 16.0.